The predicted octanol–water partition coefficient (Wildman–Crippen LogP) is 3.67. The molecule has 0 bridgehead atoms. The molecule has 1 N–H and O–H groups in total. The summed E-state index contributed by atoms with van der Waals surface area (Å²) in [4.78, 5) is 27.0. The Bertz CT molecular complexity index is 841. The van der Waals surface area contributed by atoms with Gasteiger partial charge in [-0.15, -0.1) is 0 Å². The van der Waals surface area contributed by atoms with Gasteiger partial charge in [-0.05, 0) is 44.5 Å². The molecule has 156 valence electrons. The average Bonchev–Trinajstić information content (AvgIpc) is 2.70. The molecule has 2 aromatic rings. The minimum Gasteiger partial charge on any atom is -0.493 e. The van der Waals surface area contributed by atoms with Crippen molar-refractivity contribution in [1.82, 2.24) is 10.2 Å². The minimum absolute atomic E-state index is 0.0351. The second-order valence-corrected chi connectivity index (χ2v) is 7.30. The fourth-order valence-electron chi connectivity index (χ4n) is 2.76. The largest absolute Gasteiger partial charge is 0.493 e. The summed E-state index contributed by atoms with van der Waals surface area (Å²) >= 11 is 6.27. The van der Waals surface area contributed by atoms with Gasteiger partial charge in [-0.1, -0.05) is 41.9 Å². The van der Waals surface area contributed by atoms with Crippen LogP contribution in [-0.4, -0.2) is 42.5 Å². The lowest BCUT2D eigenvalue weighted by molar-refractivity contribution is -0.142. The first-order valence-electron chi connectivity index (χ1n) is 9.42. The van der Waals surface area contributed by atoms with Crippen LogP contribution in [0.3, 0.4) is 0 Å². The number of nitrogens with one attached hydrogen (secondary N) is 1. The van der Waals surface area contributed by atoms with Crippen LogP contribution in [-0.2, 0) is 16.1 Å². The first-order valence-corrected chi connectivity index (χ1v) is 9.80. The summed E-state index contributed by atoms with van der Waals surface area (Å²) in [6.07, 6.45) is 0. The molecule has 0 unspecified atom stereocenters. The van der Waals surface area contributed by atoms with E-state index in [2.05, 4.69) is 5.32 Å². The Balaban J connectivity index is 2.19. The highest BCUT2D eigenvalue weighted by molar-refractivity contribution is 6.31. The molecule has 0 aliphatic heterocycles. The lowest BCUT2D eigenvalue weighted by atomic mass is 10.1. The quantitative estimate of drug-likeness (QED) is 0.674. The van der Waals surface area contributed by atoms with E-state index in [9.17, 15) is 9.59 Å². The minimum atomic E-state index is -0.692. The zero-order chi connectivity index (χ0) is 21.4. The summed E-state index contributed by atoms with van der Waals surface area (Å²) in [6.45, 7) is 5.39. The molecule has 2 rings (SSSR count). The van der Waals surface area contributed by atoms with Gasteiger partial charge in [-0.2, -0.15) is 0 Å². The highest BCUT2D eigenvalue weighted by atomic mass is 35.5. The van der Waals surface area contributed by atoms with Gasteiger partial charge in [0, 0.05) is 17.6 Å². The number of amides is 2. The Kier molecular flexibility index (Phi) is 8.34. The second-order valence-electron chi connectivity index (χ2n) is 6.89. The maximum atomic E-state index is 13.0. The van der Waals surface area contributed by atoms with Gasteiger partial charge < -0.3 is 19.7 Å². The highest BCUT2D eigenvalue weighted by Crippen LogP contribution is 2.26. The number of para-hydroxylation sites is 2. The summed E-state index contributed by atoms with van der Waals surface area (Å²) in [5.74, 6) is 0.420. The standard InChI is InChI=1S/C22H27ClN2O4/c1-15(2)24-22(27)16(3)25(13-17-9-5-6-10-18(17)23)21(26)14-29-20-12-8-7-11-19(20)28-4/h5-12,15-16H,13-14H2,1-4H3,(H,24,27)/t16-/m1/s1. The SMILES string of the molecule is COc1ccccc1OCC(=O)N(Cc1ccccc1Cl)[C@H](C)C(=O)NC(C)C. The van der Waals surface area contributed by atoms with E-state index in [-0.39, 0.29) is 31.0 Å². The molecule has 29 heavy (non-hydrogen) atoms. The summed E-state index contributed by atoms with van der Waals surface area (Å²) in [6, 6.07) is 13.6. The molecule has 0 aromatic heterocycles. The van der Waals surface area contributed by atoms with E-state index in [4.69, 9.17) is 21.1 Å². The van der Waals surface area contributed by atoms with E-state index in [1.165, 1.54) is 12.0 Å². The number of hydrogen-bond donors (Lipinski definition) is 1. The van der Waals surface area contributed by atoms with Crippen molar-refractivity contribution in [3.05, 3.63) is 59.1 Å². The maximum absolute atomic E-state index is 13.0. The molecule has 0 radical (unpaired) electrons. The fraction of sp³-hybridized carbons (Fsp3) is 0.364. The Morgan fingerprint density at radius 3 is 2.28 bits per heavy atom. The van der Waals surface area contributed by atoms with Gasteiger partial charge >= 0.3 is 0 Å². The van der Waals surface area contributed by atoms with Crippen LogP contribution in [0.4, 0.5) is 0 Å². The molecular formula is C22H27ClN2O4. The third-order valence-corrected chi connectivity index (χ3v) is 4.69. The van der Waals surface area contributed by atoms with Crippen LogP contribution in [0.5, 0.6) is 11.5 Å². The van der Waals surface area contributed by atoms with Gasteiger partial charge in [0.1, 0.15) is 6.04 Å². The van der Waals surface area contributed by atoms with Crippen LogP contribution in [0.15, 0.2) is 48.5 Å². The van der Waals surface area contributed by atoms with Crippen LogP contribution in [0.2, 0.25) is 5.02 Å². The van der Waals surface area contributed by atoms with E-state index in [1.807, 2.05) is 38.1 Å². The Morgan fingerprint density at radius 2 is 1.66 bits per heavy atom. The Labute approximate surface area is 176 Å². The maximum Gasteiger partial charge on any atom is 0.261 e. The summed E-state index contributed by atoms with van der Waals surface area (Å²) in [7, 11) is 1.53. The normalized spacial score (nSPS) is 11.7. The number of ether oxygens (including phenoxy) is 2. The molecule has 0 aliphatic carbocycles. The fourth-order valence-corrected chi connectivity index (χ4v) is 2.95. The smallest absolute Gasteiger partial charge is 0.261 e. The first kappa shape index (κ1) is 22.6. The van der Waals surface area contributed by atoms with Crippen molar-refractivity contribution >= 4 is 23.4 Å². The van der Waals surface area contributed by atoms with Crippen molar-refractivity contribution in [3.63, 3.8) is 0 Å². The average molecular weight is 419 g/mol. The number of nitrogens with zero attached hydrogens (tertiary/aromatic N) is 1. The molecule has 2 amide bonds. The van der Waals surface area contributed by atoms with Crippen molar-refractivity contribution in [2.45, 2.75) is 39.4 Å². The third-order valence-electron chi connectivity index (χ3n) is 4.32. The van der Waals surface area contributed by atoms with E-state index < -0.39 is 6.04 Å². The van der Waals surface area contributed by atoms with Crippen molar-refractivity contribution in [2.75, 3.05) is 13.7 Å². The molecule has 6 nitrogen and oxygen atoms in total. The molecule has 0 saturated carbocycles. The van der Waals surface area contributed by atoms with Crippen molar-refractivity contribution in [2.24, 2.45) is 0 Å². The van der Waals surface area contributed by atoms with E-state index in [0.717, 1.165) is 5.56 Å². The second kappa shape index (κ2) is 10.7. The molecule has 0 heterocycles. The first-order chi connectivity index (χ1) is 13.8. The Hall–Kier alpha value is -2.73. The van der Waals surface area contributed by atoms with Gasteiger partial charge in [0.15, 0.2) is 18.1 Å². The number of halogens is 1. The summed E-state index contributed by atoms with van der Waals surface area (Å²) in [5.41, 5.74) is 0.754. The van der Waals surface area contributed by atoms with Gasteiger partial charge in [0.25, 0.3) is 5.91 Å². The number of carbonyl (C=O) groups excluding carboxylic acids is 2. The van der Waals surface area contributed by atoms with Gasteiger partial charge in [-0.3, -0.25) is 9.59 Å². The van der Waals surface area contributed by atoms with Gasteiger partial charge in [0.2, 0.25) is 5.91 Å². The molecule has 0 spiro atoms. The van der Waals surface area contributed by atoms with Crippen molar-refractivity contribution in [1.29, 1.82) is 0 Å². The summed E-state index contributed by atoms with van der Waals surface area (Å²) < 4.78 is 10.9. The Morgan fingerprint density at radius 1 is 1.03 bits per heavy atom. The zero-order valence-electron chi connectivity index (χ0n) is 17.1. The number of methoxy groups -OCH3 is 1. The monoisotopic (exact) mass is 418 g/mol. The molecule has 2 aromatic carbocycles. The third kappa shape index (κ3) is 6.39. The van der Waals surface area contributed by atoms with Crippen LogP contribution in [0, 0.1) is 0 Å². The molecular weight excluding hydrogens is 392 g/mol. The topological polar surface area (TPSA) is 67.9 Å². The van der Waals surface area contributed by atoms with Gasteiger partial charge in [-0.25, -0.2) is 0 Å². The lowest BCUT2D eigenvalue weighted by Gasteiger charge is -2.29. The zero-order valence-corrected chi connectivity index (χ0v) is 17.9. The number of carbonyl (C=O) groups is 2. The van der Waals surface area contributed by atoms with Crippen LogP contribution >= 0.6 is 11.6 Å². The van der Waals surface area contributed by atoms with Crippen LogP contribution in [0.25, 0.3) is 0 Å². The molecule has 7 heteroatoms. The van der Waals surface area contributed by atoms with Crippen molar-refractivity contribution in [3.8, 4) is 11.5 Å². The highest BCUT2D eigenvalue weighted by Gasteiger charge is 2.27. The predicted molar refractivity (Wildman–Crippen MR) is 113 cm³/mol. The molecule has 0 aliphatic rings. The lowest BCUT2D eigenvalue weighted by Crippen LogP contribution is -2.50. The van der Waals surface area contributed by atoms with E-state index in [1.54, 1.807) is 31.2 Å². The molecule has 0 fully saturated rings. The van der Waals surface area contributed by atoms with Crippen molar-refractivity contribution < 1.29 is 19.1 Å². The molecule has 1 atom stereocenters. The van der Waals surface area contributed by atoms with E-state index in [0.29, 0.717) is 16.5 Å². The molecule has 0 saturated heterocycles. The number of benzene rings is 2. The summed E-state index contributed by atoms with van der Waals surface area (Å²) in [5, 5.41) is 3.38. The number of hydrogen-bond acceptors (Lipinski definition) is 4. The van der Waals surface area contributed by atoms with Crippen LogP contribution in [0.1, 0.15) is 26.3 Å². The van der Waals surface area contributed by atoms with E-state index >= 15 is 0 Å². The van der Waals surface area contributed by atoms with Gasteiger partial charge in [0.05, 0.1) is 7.11 Å². The number of rotatable bonds is 9. The van der Waals surface area contributed by atoms with Crippen LogP contribution < -0.4 is 14.8 Å².